The molecule has 0 radical (unpaired) electrons. The first-order chi connectivity index (χ1) is 12.1. The van der Waals surface area contributed by atoms with Crippen molar-refractivity contribution < 1.29 is 14.3 Å². The Morgan fingerprint density at radius 2 is 2.08 bits per heavy atom. The fourth-order valence-electron chi connectivity index (χ4n) is 2.40. The van der Waals surface area contributed by atoms with Gasteiger partial charge in [0.15, 0.2) is 4.96 Å². The fraction of sp³-hybridized carbons (Fsp3) is 0.176. The number of rotatable bonds is 5. The summed E-state index contributed by atoms with van der Waals surface area (Å²) in [5, 5.41) is 4.44. The molecule has 2 heterocycles. The van der Waals surface area contributed by atoms with Gasteiger partial charge in [-0.25, -0.2) is 4.98 Å². The predicted molar refractivity (Wildman–Crippen MR) is 92.6 cm³/mol. The van der Waals surface area contributed by atoms with Crippen LogP contribution in [0, 0.1) is 0 Å². The van der Waals surface area contributed by atoms with E-state index in [1.165, 1.54) is 29.0 Å². The number of methoxy groups -OCH3 is 1. The van der Waals surface area contributed by atoms with Crippen molar-refractivity contribution in [1.82, 2.24) is 14.7 Å². The molecular weight excluding hydrogens is 342 g/mol. The number of carbonyl (C=O) groups excluding carboxylic acids is 2. The van der Waals surface area contributed by atoms with Crippen molar-refractivity contribution in [2.75, 3.05) is 7.11 Å². The largest absolute Gasteiger partial charge is 0.469 e. The van der Waals surface area contributed by atoms with E-state index in [-0.39, 0.29) is 12.0 Å². The van der Waals surface area contributed by atoms with Gasteiger partial charge in [0.1, 0.15) is 5.56 Å². The van der Waals surface area contributed by atoms with E-state index in [1.807, 2.05) is 6.07 Å². The highest BCUT2D eigenvalue weighted by molar-refractivity contribution is 7.15. The molecule has 0 saturated carbocycles. The van der Waals surface area contributed by atoms with E-state index in [0.717, 1.165) is 5.56 Å². The predicted octanol–water partition coefficient (Wildman–Crippen LogP) is 1.79. The fourth-order valence-corrected chi connectivity index (χ4v) is 3.08. The van der Waals surface area contributed by atoms with Gasteiger partial charge >= 0.3 is 5.97 Å². The average molecular weight is 357 g/mol. The number of thiazole rings is 1. The van der Waals surface area contributed by atoms with Gasteiger partial charge < -0.3 is 10.1 Å². The van der Waals surface area contributed by atoms with Crippen LogP contribution < -0.4 is 10.9 Å². The number of fused-ring (bicyclic) bond motifs is 1. The maximum absolute atomic E-state index is 12.6. The molecule has 1 aromatic carbocycles. The molecule has 3 rings (SSSR count). The van der Waals surface area contributed by atoms with Crippen molar-refractivity contribution in [3.63, 3.8) is 0 Å². The van der Waals surface area contributed by atoms with Crippen LogP contribution in [0.25, 0.3) is 4.96 Å². The van der Waals surface area contributed by atoms with Gasteiger partial charge in [-0.15, -0.1) is 11.3 Å². The molecule has 1 atom stereocenters. The van der Waals surface area contributed by atoms with Crippen molar-refractivity contribution >= 4 is 28.2 Å². The highest BCUT2D eigenvalue weighted by Crippen LogP contribution is 2.17. The molecule has 0 unspecified atom stereocenters. The van der Waals surface area contributed by atoms with Crippen LogP contribution in [0.2, 0.25) is 0 Å². The van der Waals surface area contributed by atoms with Gasteiger partial charge in [0.05, 0.1) is 19.6 Å². The van der Waals surface area contributed by atoms with Crippen LogP contribution in [0.15, 0.2) is 52.9 Å². The number of aromatic nitrogens is 2. The Morgan fingerprint density at radius 3 is 2.80 bits per heavy atom. The van der Waals surface area contributed by atoms with Crippen molar-refractivity contribution in [1.29, 1.82) is 0 Å². The third-order valence-electron chi connectivity index (χ3n) is 3.69. The summed E-state index contributed by atoms with van der Waals surface area (Å²) in [6, 6.07) is 8.42. The monoisotopic (exact) mass is 357 g/mol. The Labute approximate surface area is 146 Å². The quantitative estimate of drug-likeness (QED) is 0.703. The van der Waals surface area contributed by atoms with Gasteiger partial charge in [0.2, 0.25) is 0 Å². The highest BCUT2D eigenvalue weighted by atomic mass is 32.1. The van der Waals surface area contributed by atoms with E-state index in [9.17, 15) is 14.4 Å². The lowest BCUT2D eigenvalue weighted by Crippen LogP contribution is -2.35. The highest BCUT2D eigenvalue weighted by Gasteiger charge is 2.22. The Morgan fingerprint density at radius 1 is 1.32 bits per heavy atom. The zero-order chi connectivity index (χ0) is 17.8. The summed E-state index contributed by atoms with van der Waals surface area (Å²) in [5.41, 5.74) is 0.209. The van der Waals surface area contributed by atoms with Gasteiger partial charge in [0.25, 0.3) is 11.5 Å². The maximum atomic E-state index is 12.6. The van der Waals surface area contributed by atoms with Gasteiger partial charge in [-0.05, 0) is 5.56 Å². The summed E-state index contributed by atoms with van der Waals surface area (Å²) in [4.78, 5) is 41.3. The molecule has 128 valence electrons. The molecule has 0 fully saturated rings. The van der Waals surface area contributed by atoms with Crippen LogP contribution in [0.4, 0.5) is 0 Å². The summed E-state index contributed by atoms with van der Waals surface area (Å²) in [5.74, 6) is -1.05. The first-order valence-corrected chi connectivity index (χ1v) is 8.35. The molecule has 1 amide bonds. The molecule has 1 N–H and O–H groups in total. The molecule has 0 bridgehead atoms. The summed E-state index contributed by atoms with van der Waals surface area (Å²) in [6.07, 6.45) is 2.78. The number of esters is 1. The molecule has 0 saturated heterocycles. The second-order valence-corrected chi connectivity index (χ2v) is 6.12. The minimum absolute atomic E-state index is 0.0400. The zero-order valence-corrected chi connectivity index (χ0v) is 14.2. The Balaban J connectivity index is 1.90. The van der Waals surface area contributed by atoms with E-state index in [4.69, 9.17) is 4.74 Å². The van der Waals surface area contributed by atoms with Crippen molar-refractivity contribution in [2.24, 2.45) is 0 Å². The van der Waals surface area contributed by atoms with Crippen LogP contribution in [0.3, 0.4) is 0 Å². The van der Waals surface area contributed by atoms with Crippen LogP contribution >= 0.6 is 11.3 Å². The summed E-state index contributed by atoms with van der Waals surface area (Å²) in [6.45, 7) is 0. The topological polar surface area (TPSA) is 89.8 Å². The van der Waals surface area contributed by atoms with Crippen molar-refractivity contribution in [3.8, 4) is 0 Å². The summed E-state index contributed by atoms with van der Waals surface area (Å²) >= 11 is 1.30. The summed E-state index contributed by atoms with van der Waals surface area (Å²) < 4.78 is 6.01. The van der Waals surface area contributed by atoms with E-state index >= 15 is 0 Å². The van der Waals surface area contributed by atoms with Crippen LogP contribution in [-0.2, 0) is 9.53 Å². The Hall–Kier alpha value is -3.00. The number of nitrogens with zero attached hydrogens (tertiary/aromatic N) is 2. The molecule has 0 aliphatic heterocycles. The van der Waals surface area contributed by atoms with E-state index < -0.39 is 23.5 Å². The smallest absolute Gasteiger partial charge is 0.307 e. The molecule has 3 aromatic rings. The van der Waals surface area contributed by atoms with E-state index in [0.29, 0.717) is 4.96 Å². The van der Waals surface area contributed by atoms with Crippen LogP contribution in [0.5, 0.6) is 0 Å². The number of hydrogen-bond donors (Lipinski definition) is 1. The third kappa shape index (κ3) is 3.58. The molecule has 25 heavy (non-hydrogen) atoms. The summed E-state index contributed by atoms with van der Waals surface area (Å²) in [7, 11) is 1.28. The van der Waals surface area contributed by atoms with Crippen LogP contribution in [0.1, 0.15) is 28.4 Å². The van der Waals surface area contributed by atoms with Crippen molar-refractivity contribution in [2.45, 2.75) is 12.5 Å². The number of hydrogen-bond acceptors (Lipinski definition) is 6. The Kier molecular flexibility index (Phi) is 4.90. The number of carbonyl (C=O) groups is 2. The Bertz CT molecular complexity index is 965. The SMILES string of the molecule is COC(=O)C[C@@H](NC(=O)c1cnc2sccn2c1=O)c1ccccc1. The first kappa shape index (κ1) is 16.8. The van der Waals surface area contributed by atoms with Gasteiger partial charge in [-0.3, -0.25) is 18.8 Å². The van der Waals surface area contributed by atoms with Crippen LogP contribution in [-0.4, -0.2) is 28.4 Å². The number of nitrogens with one attached hydrogen (secondary N) is 1. The molecule has 8 heteroatoms. The lowest BCUT2D eigenvalue weighted by atomic mass is 10.0. The molecule has 0 aliphatic carbocycles. The normalized spacial score (nSPS) is 11.9. The van der Waals surface area contributed by atoms with Crippen molar-refractivity contribution in [3.05, 3.63) is 69.6 Å². The molecule has 7 nitrogen and oxygen atoms in total. The van der Waals surface area contributed by atoms with E-state index in [1.54, 1.807) is 35.8 Å². The standard InChI is InChI=1S/C17H15N3O4S/c1-24-14(21)9-13(11-5-3-2-4-6-11)19-15(22)12-10-18-17-20(16(12)23)7-8-25-17/h2-8,10,13H,9H2,1H3,(H,19,22)/t13-/m1/s1. The first-order valence-electron chi connectivity index (χ1n) is 7.47. The van der Waals surface area contributed by atoms with Gasteiger partial charge in [-0.1, -0.05) is 30.3 Å². The number of amides is 1. The number of ether oxygens (including phenoxy) is 1. The lowest BCUT2D eigenvalue weighted by molar-refractivity contribution is -0.141. The van der Waals surface area contributed by atoms with Gasteiger partial charge in [-0.2, -0.15) is 0 Å². The minimum atomic E-state index is -0.608. The second kappa shape index (κ2) is 7.27. The maximum Gasteiger partial charge on any atom is 0.307 e. The minimum Gasteiger partial charge on any atom is -0.469 e. The molecule has 2 aromatic heterocycles. The average Bonchev–Trinajstić information content (AvgIpc) is 3.11. The molecule has 0 aliphatic rings. The third-order valence-corrected chi connectivity index (χ3v) is 4.46. The molecule has 0 spiro atoms. The number of benzene rings is 1. The second-order valence-electron chi connectivity index (χ2n) is 5.25. The lowest BCUT2D eigenvalue weighted by Gasteiger charge is -2.18. The van der Waals surface area contributed by atoms with E-state index in [2.05, 4.69) is 10.3 Å². The molecular formula is C17H15N3O4S. The zero-order valence-electron chi connectivity index (χ0n) is 13.3. The van der Waals surface area contributed by atoms with Gasteiger partial charge in [0, 0.05) is 17.8 Å².